The molecule has 1 aliphatic carbocycles. The third kappa shape index (κ3) is 4.21. The number of aliphatic carboxylic acids is 1. The number of nitrogens with zero attached hydrogens (tertiary/aromatic N) is 3. The summed E-state index contributed by atoms with van der Waals surface area (Å²) in [6, 6.07) is 8.23. The van der Waals surface area contributed by atoms with E-state index in [0.717, 1.165) is 47.2 Å². The number of rotatable bonds is 4. The Morgan fingerprint density at radius 3 is 2.58 bits per heavy atom. The number of aliphatic imine (C=N–C) groups is 1. The first-order valence-corrected chi connectivity index (χ1v) is 10.3. The summed E-state index contributed by atoms with van der Waals surface area (Å²) >= 11 is 0. The second kappa shape index (κ2) is 7.98. The molecule has 2 aromatic rings. The number of allylic oxidation sites excluding steroid dienone is 3. The van der Waals surface area contributed by atoms with Gasteiger partial charge in [-0.15, -0.1) is 0 Å². The SMILES string of the molecule is CC1=C(CC(=O)O)CCC(c2ccc(C3=Nc4c(N)ncnc4OC3(C)C)cc2)=CC1. The second-order valence-corrected chi connectivity index (χ2v) is 8.45. The van der Waals surface area contributed by atoms with Crippen LogP contribution in [0.25, 0.3) is 5.57 Å². The van der Waals surface area contributed by atoms with Gasteiger partial charge in [-0.1, -0.05) is 41.5 Å². The Labute approximate surface area is 181 Å². The van der Waals surface area contributed by atoms with Gasteiger partial charge in [-0.25, -0.2) is 9.98 Å². The highest BCUT2D eigenvalue weighted by Gasteiger charge is 2.35. The molecule has 1 aliphatic heterocycles. The molecule has 0 unspecified atom stereocenters. The van der Waals surface area contributed by atoms with Crippen LogP contribution in [-0.2, 0) is 4.79 Å². The maximum Gasteiger partial charge on any atom is 0.307 e. The van der Waals surface area contributed by atoms with Crippen molar-refractivity contribution in [1.29, 1.82) is 0 Å². The van der Waals surface area contributed by atoms with Gasteiger partial charge in [0.2, 0.25) is 5.88 Å². The number of carbonyl (C=O) groups is 1. The Morgan fingerprint density at radius 1 is 1.16 bits per heavy atom. The summed E-state index contributed by atoms with van der Waals surface area (Å²) in [5.74, 6) is -0.0902. The summed E-state index contributed by atoms with van der Waals surface area (Å²) in [4.78, 5) is 24.0. The number of aromatic nitrogens is 2. The molecule has 7 heteroatoms. The van der Waals surface area contributed by atoms with Gasteiger partial charge < -0.3 is 15.6 Å². The first-order valence-electron chi connectivity index (χ1n) is 10.3. The van der Waals surface area contributed by atoms with Crippen LogP contribution in [0.4, 0.5) is 11.5 Å². The van der Waals surface area contributed by atoms with Crippen molar-refractivity contribution >= 4 is 28.8 Å². The highest BCUT2D eigenvalue weighted by atomic mass is 16.5. The average molecular weight is 418 g/mol. The van der Waals surface area contributed by atoms with E-state index in [1.165, 1.54) is 11.9 Å². The van der Waals surface area contributed by atoms with E-state index in [9.17, 15) is 4.79 Å². The Hall–Kier alpha value is -3.48. The van der Waals surface area contributed by atoms with Crippen LogP contribution in [0, 0.1) is 0 Å². The molecule has 2 heterocycles. The molecule has 7 nitrogen and oxygen atoms in total. The van der Waals surface area contributed by atoms with Crippen LogP contribution < -0.4 is 10.5 Å². The van der Waals surface area contributed by atoms with E-state index in [2.05, 4.69) is 28.2 Å². The zero-order chi connectivity index (χ0) is 22.2. The van der Waals surface area contributed by atoms with Gasteiger partial charge in [0.1, 0.15) is 11.9 Å². The molecular formula is C24H26N4O3. The second-order valence-electron chi connectivity index (χ2n) is 8.45. The van der Waals surface area contributed by atoms with Gasteiger partial charge in [-0.05, 0) is 51.2 Å². The molecule has 0 radical (unpaired) electrons. The Bertz CT molecular complexity index is 1130. The monoisotopic (exact) mass is 418 g/mol. The summed E-state index contributed by atoms with van der Waals surface area (Å²) in [6.45, 7) is 5.93. The van der Waals surface area contributed by atoms with E-state index in [0.29, 0.717) is 17.4 Å². The van der Waals surface area contributed by atoms with Crippen molar-refractivity contribution in [2.45, 2.75) is 52.1 Å². The fourth-order valence-electron chi connectivity index (χ4n) is 4.05. The molecule has 2 aliphatic rings. The van der Waals surface area contributed by atoms with Gasteiger partial charge in [0.25, 0.3) is 0 Å². The van der Waals surface area contributed by atoms with E-state index in [-0.39, 0.29) is 6.42 Å². The molecule has 0 fully saturated rings. The maximum absolute atomic E-state index is 11.1. The van der Waals surface area contributed by atoms with Crippen molar-refractivity contribution < 1.29 is 14.6 Å². The molecular weight excluding hydrogens is 392 g/mol. The standard InChI is InChI=1S/C24H26N4O3/c1-14-4-5-15(8-11-18(14)12-19(29)30)16-6-9-17(10-7-16)21-24(2,3)31-23-20(28-21)22(25)26-13-27-23/h5-7,9-10,13H,4,8,11-12H2,1-3H3,(H,29,30)(H2,25,26,27). The van der Waals surface area contributed by atoms with E-state index < -0.39 is 11.6 Å². The first kappa shape index (κ1) is 20.8. The molecule has 0 atom stereocenters. The van der Waals surface area contributed by atoms with Gasteiger partial charge in [0.15, 0.2) is 11.5 Å². The number of nitrogen functional groups attached to an aromatic ring is 1. The quantitative estimate of drug-likeness (QED) is 0.696. The van der Waals surface area contributed by atoms with Crippen molar-refractivity contribution in [3.8, 4) is 5.88 Å². The molecule has 0 saturated heterocycles. The molecule has 0 saturated carbocycles. The lowest BCUT2D eigenvalue weighted by molar-refractivity contribution is -0.136. The minimum atomic E-state index is -0.771. The normalized spacial score (nSPS) is 17.8. The number of carboxylic acid groups (broad SMARTS) is 1. The van der Waals surface area contributed by atoms with Crippen LogP contribution >= 0.6 is 0 Å². The number of anilines is 1. The number of carboxylic acids is 1. The van der Waals surface area contributed by atoms with Crippen LogP contribution in [0.3, 0.4) is 0 Å². The highest BCUT2D eigenvalue weighted by molar-refractivity contribution is 6.09. The lowest BCUT2D eigenvalue weighted by atomic mass is 9.92. The molecule has 3 N–H and O–H groups in total. The molecule has 0 spiro atoms. The Kier molecular flexibility index (Phi) is 5.35. The third-order valence-electron chi connectivity index (χ3n) is 5.81. The fraction of sp³-hybridized carbons (Fsp3) is 0.333. The van der Waals surface area contributed by atoms with E-state index in [4.69, 9.17) is 20.6 Å². The highest BCUT2D eigenvalue weighted by Crippen LogP contribution is 2.39. The molecule has 0 amide bonds. The number of benzene rings is 1. The van der Waals surface area contributed by atoms with Crippen molar-refractivity contribution in [1.82, 2.24) is 9.97 Å². The molecule has 1 aromatic carbocycles. The Morgan fingerprint density at radius 2 is 1.87 bits per heavy atom. The lowest BCUT2D eigenvalue weighted by Gasteiger charge is -2.32. The summed E-state index contributed by atoms with van der Waals surface area (Å²) < 4.78 is 6.06. The van der Waals surface area contributed by atoms with Crippen LogP contribution in [-0.4, -0.2) is 32.4 Å². The zero-order valence-electron chi connectivity index (χ0n) is 18.0. The van der Waals surface area contributed by atoms with Gasteiger partial charge in [0, 0.05) is 5.56 Å². The average Bonchev–Trinajstić information content (AvgIpc) is 2.89. The first-order chi connectivity index (χ1) is 14.7. The summed E-state index contributed by atoms with van der Waals surface area (Å²) in [5, 5.41) is 9.15. The summed E-state index contributed by atoms with van der Waals surface area (Å²) in [6.07, 6.45) is 6.08. The molecule has 160 valence electrons. The smallest absolute Gasteiger partial charge is 0.307 e. The van der Waals surface area contributed by atoms with Gasteiger partial charge >= 0.3 is 5.97 Å². The largest absolute Gasteiger partial charge is 0.481 e. The molecule has 4 rings (SSSR count). The van der Waals surface area contributed by atoms with Crippen molar-refractivity contribution in [3.05, 3.63) is 58.9 Å². The van der Waals surface area contributed by atoms with Crippen molar-refractivity contribution in [3.63, 3.8) is 0 Å². The van der Waals surface area contributed by atoms with Crippen LogP contribution in [0.1, 0.15) is 57.6 Å². The minimum absolute atomic E-state index is 0.120. The number of nitrogens with two attached hydrogens (primary N) is 1. The Balaban J connectivity index is 1.59. The summed E-state index contributed by atoms with van der Waals surface area (Å²) in [5.41, 5.74) is 12.0. The third-order valence-corrected chi connectivity index (χ3v) is 5.81. The lowest BCUT2D eigenvalue weighted by Crippen LogP contribution is -2.41. The molecule has 0 bridgehead atoms. The van der Waals surface area contributed by atoms with Gasteiger partial charge in [-0.2, -0.15) is 4.98 Å². The molecule has 31 heavy (non-hydrogen) atoms. The van der Waals surface area contributed by atoms with Gasteiger partial charge in [0.05, 0.1) is 12.1 Å². The van der Waals surface area contributed by atoms with Crippen LogP contribution in [0.5, 0.6) is 5.88 Å². The van der Waals surface area contributed by atoms with E-state index in [1.807, 2.05) is 32.9 Å². The zero-order valence-corrected chi connectivity index (χ0v) is 18.0. The van der Waals surface area contributed by atoms with Crippen molar-refractivity contribution in [2.24, 2.45) is 4.99 Å². The minimum Gasteiger partial charge on any atom is -0.481 e. The number of ether oxygens (including phenoxy) is 1. The van der Waals surface area contributed by atoms with E-state index in [1.54, 1.807) is 0 Å². The van der Waals surface area contributed by atoms with Crippen LogP contribution in [0.2, 0.25) is 0 Å². The number of hydrogen-bond donors (Lipinski definition) is 2. The topological polar surface area (TPSA) is 111 Å². The number of fused-ring (bicyclic) bond motifs is 1. The predicted octanol–water partition coefficient (Wildman–Crippen LogP) is 4.71. The van der Waals surface area contributed by atoms with Gasteiger partial charge in [-0.3, -0.25) is 4.79 Å². The van der Waals surface area contributed by atoms with Crippen molar-refractivity contribution in [2.75, 3.05) is 5.73 Å². The number of hydrogen-bond acceptors (Lipinski definition) is 6. The summed E-state index contributed by atoms with van der Waals surface area (Å²) in [7, 11) is 0. The van der Waals surface area contributed by atoms with Crippen LogP contribution in [0.15, 0.2) is 52.8 Å². The maximum atomic E-state index is 11.1. The van der Waals surface area contributed by atoms with E-state index >= 15 is 0 Å². The predicted molar refractivity (Wildman–Crippen MR) is 121 cm³/mol. The molecule has 1 aromatic heterocycles. The fourth-order valence-corrected chi connectivity index (χ4v) is 4.05.